The van der Waals surface area contributed by atoms with Gasteiger partial charge in [0, 0.05) is 24.3 Å². The highest BCUT2D eigenvalue weighted by Gasteiger charge is 2.15. The van der Waals surface area contributed by atoms with Crippen LogP contribution < -0.4 is 5.32 Å². The maximum absolute atomic E-state index is 11.7. The Morgan fingerprint density at radius 2 is 2.14 bits per heavy atom. The minimum absolute atomic E-state index is 0.290. The highest BCUT2D eigenvalue weighted by molar-refractivity contribution is 5.67. The van der Waals surface area contributed by atoms with Crippen molar-refractivity contribution in [1.29, 1.82) is 0 Å². The molecule has 0 spiro atoms. The monoisotopic (exact) mass is 285 g/mol. The van der Waals surface area contributed by atoms with E-state index in [2.05, 4.69) is 10.4 Å². The molecule has 0 fully saturated rings. The number of rotatable bonds is 4. The number of benzene rings is 1. The van der Waals surface area contributed by atoms with E-state index in [0.717, 1.165) is 24.1 Å². The van der Waals surface area contributed by atoms with Crippen molar-refractivity contribution in [1.82, 2.24) is 15.1 Å². The summed E-state index contributed by atoms with van der Waals surface area (Å²) < 4.78 is 7.23. The number of amides is 1. The second kappa shape index (κ2) is 6.43. The molecule has 5 heteroatoms. The number of carbonyl (C=O) groups is 1. The molecule has 1 aromatic carbocycles. The number of hydrogen-bond donors (Lipinski definition) is 1. The number of nitrogens with one attached hydrogen (secondary N) is 1. The number of carbonyl (C=O) groups excluding carboxylic acids is 1. The molecule has 1 N–H and O–H groups in total. The molecule has 3 rings (SSSR count). The van der Waals surface area contributed by atoms with Crippen LogP contribution in [0.15, 0.2) is 36.5 Å². The van der Waals surface area contributed by atoms with Gasteiger partial charge in [-0.1, -0.05) is 30.3 Å². The Bertz CT molecular complexity index is 607. The molecular formula is C16H19N3O2. The largest absolute Gasteiger partial charge is 0.445 e. The molecule has 1 amide bonds. The van der Waals surface area contributed by atoms with Crippen LogP contribution in [0, 0.1) is 0 Å². The van der Waals surface area contributed by atoms with Crippen LogP contribution in [0.25, 0.3) is 0 Å². The summed E-state index contributed by atoms with van der Waals surface area (Å²) in [5.74, 6) is 0. The summed E-state index contributed by atoms with van der Waals surface area (Å²) in [4.78, 5) is 11.7. The summed E-state index contributed by atoms with van der Waals surface area (Å²) >= 11 is 0. The Kier molecular flexibility index (Phi) is 4.19. The van der Waals surface area contributed by atoms with Crippen molar-refractivity contribution in [2.45, 2.75) is 39.0 Å². The lowest BCUT2D eigenvalue weighted by Gasteiger charge is -2.14. The van der Waals surface area contributed by atoms with E-state index < -0.39 is 6.09 Å². The van der Waals surface area contributed by atoms with Gasteiger partial charge in [0.15, 0.2) is 0 Å². The molecular weight excluding hydrogens is 266 g/mol. The van der Waals surface area contributed by atoms with Gasteiger partial charge in [0.25, 0.3) is 0 Å². The fourth-order valence-corrected chi connectivity index (χ4v) is 2.57. The first kappa shape index (κ1) is 13.7. The maximum Gasteiger partial charge on any atom is 0.407 e. The molecule has 1 aliphatic rings. The highest BCUT2D eigenvalue weighted by Crippen LogP contribution is 2.17. The van der Waals surface area contributed by atoms with Gasteiger partial charge in [-0.15, -0.1) is 0 Å². The summed E-state index contributed by atoms with van der Waals surface area (Å²) in [5.41, 5.74) is 3.31. The van der Waals surface area contributed by atoms with Crippen LogP contribution in [0.1, 0.15) is 29.7 Å². The number of hydrogen-bond acceptors (Lipinski definition) is 3. The van der Waals surface area contributed by atoms with Gasteiger partial charge in [-0.3, -0.25) is 4.68 Å². The number of fused-ring (bicyclic) bond motifs is 1. The van der Waals surface area contributed by atoms with Crippen molar-refractivity contribution in [2.75, 3.05) is 0 Å². The SMILES string of the molecule is O=C(NCc1cnn2c1CCCC2)OCc1ccccc1. The predicted octanol–water partition coefficient (Wildman–Crippen LogP) is 2.65. The molecule has 0 saturated carbocycles. The molecule has 0 atom stereocenters. The standard InChI is InChI=1S/C16H19N3O2/c20-16(21-12-13-6-2-1-3-7-13)17-10-14-11-18-19-9-5-4-8-15(14)19/h1-3,6-7,11H,4-5,8-10,12H2,(H,17,20). The first-order valence-corrected chi connectivity index (χ1v) is 7.31. The van der Waals surface area contributed by atoms with E-state index >= 15 is 0 Å². The number of aromatic nitrogens is 2. The molecule has 0 unspecified atom stereocenters. The third-order valence-electron chi connectivity index (χ3n) is 3.70. The van der Waals surface area contributed by atoms with Crippen LogP contribution in [-0.4, -0.2) is 15.9 Å². The number of alkyl carbamates (subject to hydrolysis) is 1. The Balaban J connectivity index is 1.49. The van der Waals surface area contributed by atoms with E-state index in [1.165, 1.54) is 18.5 Å². The summed E-state index contributed by atoms with van der Waals surface area (Å²) in [6.45, 7) is 1.75. The molecule has 0 radical (unpaired) electrons. The fourth-order valence-electron chi connectivity index (χ4n) is 2.57. The number of nitrogens with zero attached hydrogens (tertiary/aromatic N) is 2. The van der Waals surface area contributed by atoms with Gasteiger partial charge in [-0.25, -0.2) is 4.79 Å². The summed E-state index contributed by atoms with van der Waals surface area (Å²) in [5, 5.41) is 7.14. The smallest absolute Gasteiger partial charge is 0.407 e. The Morgan fingerprint density at radius 3 is 3.00 bits per heavy atom. The topological polar surface area (TPSA) is 56.2 Å². The van der Waals surface area contributed by atoms with Crippen molar-refractivity contribution in [3.05, 3.63) is 53.3 Å². The highest BCUT2D eigenvalue weighted by atomic mass is 16.5. The molecule has 21 heavy (non-hydrogen) atoms. The minimum atomic E-state index is -0.394. The number of ether oxygens (including phenoxy) is 1. The average Bonchev–Trinajstić information content (AvgIpc) is 2.95. The van der Waals surface area contributed by atoms with Crippen molar-refractivity contribution in [2.24, 2.45) is 0 Å². The van der Waals surface area contributed by atoms with Crippen LogP contribution in [-0.2, 0) is 30.9 Å². The predicted molar refractivity (Wildman–Crippen MR) is 78.6 cm³/mol. The molecule has 2 aromatic rings. The lowest BCUT2D eigenvalue weighted by molar-refractivity contribution is 0.139. The zero-order chi connectivity index (χ0) is 14.5. The minimum Gasteiger partial charge on any atom is -0.445 e. The van der Waals surface area contributed by atoms with Gasteiger partial charge >= 0.3 is 6.09 Å². The van der Waals surface area contributed by atoms with Crippen molar-refractivity contribution >= 4 is 6.09 Å². The van der Waals surface area contributed by atoms with Gasteiger partial charge in [-0.2, -0.15) is 5.10 Å². The lowest BCUT2D eigenvalue weighted by atomic mass is 10.1. The van der Waals surface area contributed by atoms with E-state index in [0.29, 0.717) is 13.2 Å². The van der Waals surface area contributed by atoms with Gasteiger partial charge in [0.2, 0.25) is 0 Å². The Labute approximate surface area is 123 Å². The molecule has 5 nitrogen and oxygen atoms in total. The van der Waals surface area contributed by atoms with Crippen LogP contribution in [0.5, 0.6) is 0 Å². The van der Waals surface area contributed by atoms with Crippen molar-refractivity contribution in [3.8, 4) is 0 Å². The number of aryl methyl sites for hydroxylation is 1. The van der Waals surface area contributed by atoms with E-state index in [-0.39, 0.29) is 0 Å². The Morgan fingerprint density at radius 1 is 1.29 bits per heavy atom. The van der Waals surface area contributed by atoms with Crippen LogP contribution in [0.4, 0.5) is 4.79 Å². The van der Waals surface area contributed by atoms with Gasteiger partial charge in [0.1, 0.15) is 6.61 Å². The first-order chi connectivity index (χ1) is 10.3. The van der Waals surface area contributed by atoms with Gasteiger partial charge in [0.05, 0.1) is 6.20 Å². The summed E-state index contributed by atoms with van der Waals surface area (Å²) in [7, 11) is 0. The molecule has 1 aliphatic heterocycles. The first-order valence-electron chi connectivity index (χ1n) is 7.31. The van der Waals surface area contributed by atoms with Crippen molar-refractivity contribution < 1.29 is 9.53 Å². The molecule has 0 bridgehead atoms. The third kappa shape index (κ3) is 3.42. The Hall–Kier alpha value is -2.30. The molecule has 2 heterocycles. The second-order valence-electron chi connectivity index (χ2n) is 5.21. The average molecular weight is 285 g/mol. The third-order valence-corrected chi connectivity index (χ3v) is 3.70. The van der Waals surface area contributed by atoms with Crippen LogP contribution in [0.3, 0.4) is 0 Å². The molecule has 1 aromatic heterocycles. The van der Waals surface area contributed by atoms with E-state index in [1.54, 1.807) is 0 Å². The maximum atomic E-state index is 11.7. The summed E-state index contributed by atoms with van der Waals surface area (Å²) in [6.07, 6.45) is 4.86. The van der Waals surface area contributed by atoms with E-state index in [9.17, 15) is 4.79 Å². The van der Waals surface area contributed by atoms with Gasteiger partial charge in [-0.05, 0) is 24.8 Å². The van der Waals surface area contributed by atoms with E-state index in [4.69, 9.17) is 4.74 Å². The van der Waals surface area contributed by atoms with Crippen LogP contribution in [0.2, 0.25) is 0 Å². The second-order valence-corrected chi connectivity index (χ2v) is 5.21. The van der Waals surface area contributed by atoms with Crippen LogP contribution >= 0.6 is 0 Å². The quantitative estimate of drug-likeness (QED) is 0.939. The van der Waals surface area contributed by atoms with Gasteiger partial charge < -0.3 is 10.1 Å². The normalized spacial score (nSPS) is 13.5. The summed E-state index contributed by atoms with van der Waals surface area (Å²) in [6, 6.07) is 9.65. The molecule has 0 saturated heterocycles. The molecule has 110 valence electrons. The van der Waals surface area contributed by atoms with E-state index in [1.807, 2.05) is 41.2 Å². The zero-order valence-electron chi connectivity index (χ0n) is 11.9. The molecule has 0 aliphatic carbocycles. The zero-order valence-corrected chi connectivity index (χ0v) is 11.9. The lowest BCUT2D eigenvalue weighted by Crippen LogP contribution is -2.24. The van der Waals surface area contributed by atoms with Crippen molar-refractivity contribution in [3.63, 3.8) is 0 Å². The fraction of sp³-hybridized carbons (Fsp3) is 0.375.